The summed E-state index contributed by atoms with van der Waals surface area (Å²) in [5.41, 5.74) is 2.18. The summed E-state index contributed by atoms with van der Waals surface area (Å²) >= 11 is 0. The highest BCUT2D eigenvalue weighted by Crippen LogP contribution is 2.44. The third-order valence-electron chi connectivity index (χ3n) is 5.15. The molecule has 0 atom stereocenters. The smallest absolute Gasteiger partial charge is 0.193 e. The number of carbonyl (C=O) groups excluding carboxylic acids is 1. The molecule has 0 radical (unpaired) electrons. The van der Waals surface area contributed by atoms with Gasteiger partial charge in [-0.15, -0.1) is 0 Å². The minimum atomic E-state index is -0.405. The van der Waals surface area contributed by atoms with Crippen molar-refractivity contribution in [3.05, 3.63) is 53.1 Å². The number of phenols is 1. The summed E-state index contributed by atoms with van der Waals surface area (Å²) < 4.78 is 21.6. The number of benzene rings is 2. The topological polar surface area (TPSA) is 86.3 Å². The Hall–Kier alpha value is -3.45. The highest BCUT2D eigenvalue weighted by molar-refractivity contribution is 6.12. The molecular weight excluding hydrogens is 398 g/mol. The van der Waals surface area contributed by atoms with Gasteiger partial charge in [-0.2, -0.15) is 0 Å². The standard InChI is InChI=1S/C24H27NO6/c1-28-18-7-5-6-16(24(18)31-4)8-9-17(26)22-20(30-3)14-19(29-2)21(23(22)27)15-10-12-25-13-11-15/h5-10,14,25,27H,11-13H2,1-4H3. The zero-order valence-corrected chi connectivity index (χ0v) is 18.2. The summed E-state index contributed by atoms with van der Waals surface area (Å²) in [6.07, 6.45) is 5.69. The summed E-state index contributed by atoms with van der Waals surface area (Å²) in [5.74, 6) is 1.20. The fourth-order valence-corrected chi connectivity index (χ4v) is 3.63. The average Bonchev–Trinajstić information content (AvgIpc) is 2.81. The van der Waals surface area contributed by atoms with Crippen LogP contribution in [0.1, 0.15) is 27.9 Å². The van der Waals surface area contributed by atoms with E-state index in [9.17, 15) is 9.90 Å². The van der Waals surface area contributed by atoms with Gasteiger partial charge in [-0.05, 0) is 36.8 Å². The number of nitrogens with one attached hydrogen (secondary N) is 1. The Balaban J connectivity index is 2.07. The molecule has 1 aliphatic heterocycles. The third-order valence-corrected chi connectivity index (χ3v) is 5.15. The van der Waals surface area contributed by atoms with Crippen molar-refractivity contribution in [3.8, 4) is 28.7 Å². The van der Waals surface area contributed by atoms with Crippen molar-refractivity contribution in [2.75, 3.05) is 41.5 Å². The molecule has 0 aromatic heterocycles. The lowest BCUT2D eigenvalue weighted by Crippen LogP contribution is -2.20. The summed E-state index contributed by atoms with van der Waals surface area (Å²) in [6, 6.07) is 7.01. The molecule has 0 bridgehead atoms. The van der Waals surface area contributed by atoms with Gasteiger partial charge in [0.05, 0.1) is 34.0 Å². The monoisotopic (exact) mass is 425 g/mol. The lowest BCUT2D eigenvalue weighted by atomic mass is 9.93. The highest BCUT2D eigenvalue weighted by Gasteiger charge is 2.25. The molecule has 0 spiro atoms. The third kappa shape index (κ3) is 4.51. The van der Waals surface area contributed by atoms with Crippen LogP contribution in [-0.4, -0.2) is 52.4 Å². The van der Waals surface area contributed by atoms with Gasteiger partial charge in [0.25, 0.3) is 0 Å². The molecule has 164 valence electrons. The maximum absolute atomic E-state index is 13.1. The fraction of sp³-hybridized carbons (Fsp3) is 0.292. The summed E-state index contributed by atoms with van der Waals surface area (Å²) in [4.78, 5) is 13.1. The van der Waals surface area contributed by atoms with E-state index in [0.717, 1.165) is 12.1 Å². The zero-order valence-electron chi connectivity index (χ0n) is 18.2. The van der Waals surface area contributed by atoms with Crippen LogP contribution < -0.4 is 24.3 Å². The molecule has 1 heterocycles. The number of ether oxygens (including phenoxy) is 4. The van der Waals surface area contributed by atoms with Crippen LogP contribution in [-0.2, 0) is 0 Å². The quantitative estimate of drug-likeness (QED) is 0.493. The molecule has 2 aromatic carbocycles. The van der Waals surface area contributed by atoms with Crippen molar-refractivity contribution in [1.29, 1.82) is 0 Å². The molecule has 31 heavy (non-hydrogen) atoms. The molecule has 1 aliphatic rings. The fourth-order valence-electron chi connectivity index (χ4n) is 3.63. The van der Waals surface area contributed by atoms with Gasteiger partial charge in [0, 0.05) is 18.2 Å². The van der Waals surface area contributed by atoms with Crippen molar-refractivity contribution >= 4 is 17.4 Å². The van der Waals surface area contributed by atoms with Crippen LogP contribution >= 0.6 is 0 Å². The zero-order chi connectivity index (χ0) is 22.4. The molecule has 0 fully saturated rings. The summed E-state index contributed by atoms with van der Waals surface area (Å²) in [6.45, 7) is 1.46. The average molecular weight is 425 g/mol. The van der Waals surface area contributed by atoms with Gasteiger partial charge in [0.1, 0.15) is 22.8 Å². The number of rotatable bonds is 8. The van der Waals surface area contributed by atoms with Crippen molar-refractivity contribution in [1.82, 2.24) is 5.32 Å². The maximum Gasteiger partial charge on any atom is 0.193 e. The molecule has 2 aromatic rings. The number of aromatic hydroxyl groups is 1. The number of para-hydroxylation sites is 1. The van der Waals surface area contributed by atoms with Crippen LogP contribution in [0.2, 0.25) is 0 Å². The van der Waals surface area contributed by atoms with Crippen molar-refractivity contribution in [2.45, 2.75) is 6.42 Å². The Morgan fingerprint density at radius 3 is 2.39 bits per heavy atom. The Morgan fingerprint density at radius 2 is 1.77 bits per heavy atom. The van der Waals surface area contributed by atoms with Crippen molar-refractivity contribution < 1.29 is 28.8 Å². The molecule has 7 nitrogen and oxygen atoms in total. The summed E-state index contributed by atoms with van der Waals surface area (Å²) in [7, 11) is 6.06. The van der Waals surface area contributed by atoms with Crippen LogP contribution in [0, 0.1) is 0 Å². The number of phenolic OH excluding ortho intramolecular Hbond substituents is 1. The van der Waals surface area contributed by atoms with E-state index in [2.05, 4.69) is 5.32 Å². The highest BCUT2D eigenvalue weighted by atomic mass is 16.5. The van der Waals surface area contributed by atoms with E-state index in [-0.39, 0.29) is 17.1 Å². The second-order valence-electron chi connectivity index (χ2n) is 6.84. The van der Waals surface area contributed by atoms with E-state index >= 15 is 0 Å². The number of hydrogen-bond donors (Lipinski definition) is 2. The lowest BCUT2D eigenvalue weighted by Gasteiger charge is -2.20. The van der Waals surface area contributed by atoms with Gasteiger partial charge in [-0.25, -0.2) is 0 Å². The molecule has 0 amide bonds. The Labute approximate surface area is 181 Å². The van der Waals surface area contributed by atoms with Crippen LogP contribution in [0.15, 0.2) is 36.4 Å². The van der Waals surface area contributed by atoms with E-state index < -0.39 is 5.78 Å². The van der Waals surface area contributed by atoms with Gasteiger partial charge in [0.15, 0.2) is 17.3 Å². The Morgan fingerprint density at radius 1 is 1.03 bits per heavy atom. The van der Waals surface area contributed by atoms with Gasteiger partial charge >= 0.3 is 0 Å². The van der Waals surface area contributed by atoms with E-state index in [1.165, 1.54) is 27.4 Å². The van der Waals surface area contributed by atoms with E-state index in [4.69, 9.17) is 18.9 Å². The molecule has 0 saturated heterocycles. The van der Waals surface area contributed by atoms with Crippen molar-refractivity contribution in [2.24, 2.45) is 0 Å². The molecule has 0 unspecified atom stereocenters. The summed E-state index contributed by atoms with van der Waals surface area (Å²) in [5, 5.41) is 14.3. The van der Waals surface area contributed by atoms with E-state index in [1.54, 1.807) is 31.4 Å². The molecular formula is C24H27NO6. The first-order valence-electron chi connectivity index (χ1n) is 9.87. The Kier molecular flexibility index (Phi) is 7.20. The number of hydrogen-bond acceptors (Lipinski definition) is 7. The van der Waals surface area contributed by atoms with Gasteiger partial charge in [-0.1, -0.05) is 18.2 Å². The minimum Gasteiger partial charge on any atom is -0.506 e. The van der Waals surface area contributed by atoms with Gasteiger partial charge in [-0.3, -0.25) is 4.79 Å². The number of ketones is 1. The maximum atomic E-state index is 13.1. The van der Waals surface area contributed by atoms with E-state index in [1.807, 2.05) is 12.1 Å². The predicted molar refractivity (Wildman–Crippen MR) is 120 cm³/mol. The first-order chi connectivity index (χ1) is 15.0. The minimum absolute atomic E-state index is 0.0795. The predicted octanol–water partition coefficient (Wildman–Crippen LogP) is 3.70. The number of allylic oxidation sites excluding steroid dienone is 1. The molecule has 0 aliphatic carbocycles. The van der Waals surface area contributed by atoms with E-state index in [0.29, 0.717) is 41.3 Å². The van der Waals surface area contributed by atoms with Crippen molar-refractivity contribution in [3.63, 3.8) is 0 Å². The van der Waals surface area contributed by atoms with Gasteiger partial charge < -0.3 is 29.4 Å². The molecule has 0 saturated carbocycles. The Bertz CT molecular complexity index is 1030. The lowest BCUT2D eigenvalue weighted by molar-refractivity contribution is 0.104. The second kappa shape index (κ2) is 10.0. The molecule has 3 rings (SSSR count). The van der Waals surface area contributed by atoms with Crippen LogP contribution in [0.5, 0.6) is 28.7 Å². The number of carbonyl (C=O) groups is 1. The first-order valence-corrected chi connectivity index (χ1v) is 9.87. The first kappa shape index (κ1) is 22.2. The normalized spacial score (nSPS) is 13.6. The van der Waals surface area contributed by atoms with Crippen LogP contribution in [0.4, 0.5) is 0 Å². The largest absolute Gasteiger partial charge is 0.506 e. The molecule has 7 heteroatoms. The van der Waals surface area contributed by atoms with Crippen LogP contribution in [0.3, 0.4) is 0 Å². The molecule has 2 N–H and O–H groups in total. The number of methoxy groups -OCH3 is 4. The van der Waals surface area contributed by atoms with Gasteiger partial charge in [0.2, 0.25) is 0 Å². The van der Waals surface area contributed by atoms with Crippen LogP contribution in [0.25, 0.3) is 11.6 Å². The second-order valence-corrected chi connectivity index (χ2v) is 6.84. The SMILES string of the molecule is COc1cccc(C=CC(=O)c2c(OC)cc(OC)c(C3=CCNCC3)c2O)c1OC.